The van der Waals surface area contributed by atoms with E-state index in [4.69, 9.17) is 4.74 Å². The summed E-state index contributed by atoms with van der Waals surface area (Å²) in [6, 6.07) is 6.17. The van der Waals surface area contributed by atoms with Crippen LogP contribution in [0.1, 0.15) is 25.3 Å². The first-order valence-corrected chi connectivity index (χ1v) is 9.61. The predicted molar refractivity (Wildman–Crippen MR) is 101 cm³/mol. The van der Waals surface area contributed by atoms with E-state index in [2.05, 4.69) is 21.3 Å². The third-order valence-electron chi connectivity index (χ3n) is 5.50. The van der Waals surface area contributed by atoms with Crippen molar-refractivity contribution in [3.8, 4) is 0 Å². The van der Waals surface area contributed by atoms with E-state index in [0.717, 1.165) is 64.1 Å². The van der Waals surface area contributed by atoms with Crippen molar-refractivity contribution in [3.05, 3.63) is 42.3 Å². The average molecular weight is 383 g/mol. The first-order chi connectivity index (χ1) is 12.9. The molecule has 3 rings (SSSR count). The second kappa shape index (κ2) is 8.42. The molecule has 0 aliphatic carbocycles. The van der Waals surface area contributed by atoms with Crippen molar-refractivity contribution >= 4 is 5.69 Å². The SMILES string of the molecule is C=C(OCC)N1CCC(N2CCN(c3cccc(C(F)(F)F)c3)CC2)CC1. The number of anilines is 1. The van der Waals surface area contributed by atoms with Gasteiger partial charge in [0.25, 0.3) is 0 Å². The highest BCUT2D eigenvalue weighted by Gasteiger charge is 2.32. The van der Waals surface area contributed by atoms with Gasteiger partial charge in [0.1, 0.15) is 0 Å². The van der Waals surface area contributed by atoms with Crippen LogP contribution in [-0.4, -0.2) is 61.7 Å². The summed E-state index contributed by atoms with van der Waals surface area (Å²) in [6.07, 6.45) is -2.16. The molecule has 0 atom stereocenters. The van der Waals surface area contributed by atoms with E-state index >= 15 is 0 Å². The molecule has 2 fully saturated rings. The summed E-state index contributed by atoms with van der Waals surface area (Å²) in [5.74, 6) is 0.755. The smallest absolute Gasteiger partial charge is 0.416 e. The Labute approximate surface area is 159 Å². The second-order valence-corrected chi connectivity index (χ2v) is 7.12. The molecule has 2 heterocycles. The number of halogens is 3. The molecule has 0 saturated carbocycles. The highest BCUT2D eigenvalue weighted by atomic mass is 19.4. The molecule has 150 valence electrons. The minimum absolute atomic E-state index is 0.527. The fourth-order valence-corrected chi connectivity index (χ4v) is 3.96. The molecule has 0 bridgehead atoms. The van der Waals surface area contributed by atoms with Gasteiger partial charge in [-0.25, -0.2) is 0 Å². The first-order valence-electron chi connectivity index (χ1n) is 9.61. The number of alkyl halides is 3. The van der Waals surface area contributed by atoms with E-state index in [1.54, 1.807) is 6.07 Å². The largest absolute Gasteiger partial charge is 0.480 e. The third kappa shape index (κ3) is 4.89. The molecule has 0 unspecified atom stereocenters. The second-order valence-electron chi connectivity index (χ2n) is 7.12. The van der Waals surface area contributed by atoms with E-state index in [1.165, 1.54) is 12.1 Å². The number of hydrogen-bond donors (Lipinski definition) is 0. The fraction of sp³-hybridized carbons (Fsp3) is 0.600. The number of likely N-dealkylation sites (tertiary alicyclic amines) is 1. The van der Waals surface area contributed by atoms with Crippen LogP contribution in [0, 0.1) is 0 Å². The zero-order valence-electron chi connectivity index (χ0n) is 15.8. The molecule has 0 amide bonds. The van der Waals surface area contributed by atoms with E-state index in [9.17, 15) is 13.2 Å². The normalized spacial score (nSPS) is 20.0. The molecule has 0 aromatic heterocycles. The molecule has 2 aliphatic rings. The molecule has 4 nitrogen and oxygen atoms in total. The van der Waals surface area contributed by atoms with E-state index < -0.39 is 11.7 Å². The Hall–Kier alpha value is -1.89. The lowest BCUT2D eigenvalue weighted by molar-refractivity contribution is -0.137. The topological polar surface area (TPSA) is 19.0 Å². The molecule has 0 spiro atoms. The van der Waals surface area contributed by atoms with Gasteiger partial charge in [-0.2, -0.15) is 13.2 Å². The molecule has 27 heavy (non-hydrogen) atoms. The van der Waals surface area contributed by atoms with Crippen LogP contribution in [-0.2, 0) is 10.9 Å². The van der Waals surface area contributed by atoms with Crippen LogP contribution in [0.2, 0.25) is 0 Å². The van der Waals surface area contributed by atoms with Gasteiger partial charge in [-0.05, 0) is 44.5 Å². The maximum absolute atomic E-state index is 12.9. The quantitative estimate of drug-likeness (QED) is 0.720. The number of piperidine rings is 1. The van der Waals surface area contributed by atoms with Gasteiger partial charge in [0.05, 0.1) is 12.2 Å². The van der Waals surface area contributed by atoms with Crippen LogP contribution < -0.4 is 4.90 Å². The zero-order chi connectivity index (χ0) is 19.4. The average Bonchev–Trinajstić information content (AvgIpc) is 2.68. The van der Waals surface area contributed by atoms with E-state index in [-0.39, 0.29) is 0 Å². The maximum atomic E-state index is 12.9. The summed E-state index contributed by atoms with van der Waals surface area (Å²) >= 11 is 0. The molecule has 2 aliphatic heterocycles. The lowest BCUT2D eigenvalue weighted by Gasteiger charge is -2.43. The summed E-state index contributed by atoms with van der Waals surface area (Å²) in [4.78, 5) is 6.72. The Morgan fingerprint density at radius 1 is 1.11 bits per heavy atom. The number of ether oxygens (including phenoxy) is 1. The molecule has 2 saturated heterocycles. The highest BCUT2D eigenvalue weighted by molar-refractivity contribution is 5.49. The zero-order valence-corrected chi connectivity index (χ0v) is 15.8. The van der Waals surface area contributed by atoms with E-state index in [0.29, 0.717) is 18.3 Å². The molecular formula is C20H28F3N3O. The van der Waals surface area contributed by atoms with Crippen molar-refractivity contribution in [3.63, 3.8) is 0 Å². The molecule has 7 heteroatoms. The summed E-state index contributed by atoms with van der Waals surface area (Å²) in [6.45, 7) is 11.7. The number of nitrogens with zero attached hydrogens (tertiary/aromatic N) is 3. The molecule has 0 radical (unpaired) electrons. The Kier molecular flexibility index (Phi) is 6.19. The summed E-state index contributed by atoms with van der Waals surface area (Å²) in [7, 11) is 0. The van der Waals surface area contributed by atoms with E-state index in [1.807, 2.05) is 6.92 Å². The third-order valence-corrected chi connectivity index (χ3v) is 5.50. The first kappa shape index (κ1) is 19.9. The number of piperazine rings is 1. The molecule has 1 aromatic rings. The predicted octanol–water partition coefficient (Wildman–Crippen LogP) is 3.80. The van der Waals surface area contributed by atoms with Crippen LogP contribution in [0.5, 0.6) is 0 Å². The Morgan fingerprint density at radius 2 is 1.78 bits per heavy atom. The number of rotatable bonds is 5. The van der Waals surface area contributed by atoms with Gasteiger partial charge in [0.2, 0.25) is 0 Å². The van der Waals surface area contributed by atoms with Crippen molar-refractivity contribution in [1.82, 2.24) is 9.80 Å². The minimum atomic E-state index is -4.29. The van der Waals surface area contributed by atoms with Crippen LogP contribution >= 0.6 is 0 Å². The van der Waals surface area contributed by atoms with Crippen molar-refractivity contribution in [2.45, 2.75) is 32.0 Å². The van der Waals surface area contributed by atoms with Gasteiger partial charge in [0.15, 0.2) is 5.88 Å². The maximum Gasteiger partial charge on any atom is 0.416 e. The van der Waals surface area contributed by atoms with Gasteiger partial charge in [-0.3, -0.25) is 4.90 Å². The Balaban J connectivity index is 1.51. The van der Waals surface area contributed by atoms with Crippen LogP contribution in [0.4, 0.5) is 18.9 Å². The monoisotopic (exact) mass is 383 g/mol. The summed E-state index contributed by atoms with van der Waals surface area (Å²) in [5, 5.41) is 0. The van der Waals surface area contributed by atoms with Crippen molar-refractivity contribution in [2.75, 3.05) is 50.8 Å². The number of hydrogen-bond acceptors (Lipinski definition) is 4. The van der Waals surface area contributed by atoms with Gasteiger partial charge >= 0.3 is 6.18 Å². The van der Waals surface area contributed by atoms with Gasteiger partial charge in [-0.1, -0.05) is 6.07 Å². The lowest BCUT2D eigenvalue weighted by Crippen LogP contribution is -2.53. The molecule has 0 N–H and O–H groups in total. The summed E-state index contributed by atoms with van der Waals surface area (Å²) < 4.78 is 44.3. The van der Waals surface area contributed by atoms with Gasteiger partial charge < -0.3 is 14.5 Å². The summed E-state index contributed by atoms with van der Waals surface area (Å²) in [5.41, 5.74) is 0.0802. The molecular weight excluding hydrogens is 355 g/mol. The van der Waals surface area contributed by atoms with Crippen molar-refractivity contribution in [1.29, 1.82) is 0 Å². The van der Waals surface area contributed by atoms with Crippen molar-refractivity contribution in [2.24, 2.45) is 0 Å². The molecule has 1 aromatic carbocycles. The van der Waals surface area contributed by atoms with Crippen LogP contribution in [0.15, 0.2) is 36.7 Å². The van der Waals surface area contributed by atoms with Crippen LogP contribution in [0.3, 0.4) is 0 Å². The highest BCUT2D eigenvalue weighted by Crippen LogP contribution is 2.32. The standard InChI is InChI=1S/C20H28F3N3O/c1-3-27-16(2)24-9-7-18(8-10-24)25-11-13-26(14-12-25)19-6-4-5-17(15-19)20(21,22)23/h4-6,15,18H,2-3,7-14H2,1H3. The minimum Gasteiger partial charge on any atom is -0.480 e. The van der Waals surface area contributed by atoms with Gasteiger partial charge in [-0.15, -0.1) is 0 Å². The Morgan fingerprint density at radius 3 is 2.37 bits per heavy atom. The Bertz CT molecular complexity index is 634. The number of benzene rings is 1. The fourth-order valence-electron chi connectivity index (χ4n) is 3.96. The van der Waals surface area contributed by atoms with Gasteiger partial charge in [0, 0.05) is 51.0 Å². The van der Waals surface area contributed by atoms with Crippen LogP contribution in [0.25, 0.3) is 0 Å². The lowest BCUT2D eigenvalue weighted by atomic mass is 10.0. The van der Waals surface area contributed by atoms with Crippen molar-refractivity contribution < 1.29 is 17.9 Å².